The molecule has 13 heavy (non-hydrogen) atoms. The maximum absolute atomic E-state index is 5.43. The molecule has 0 radical (unpaired) electrons. The summed E-state index contributed by atoms with van der Waals surface area (Å²) in [5.41, 5.74) is 8.06. The highest BCUT2D eigenvalue weighted by Crippen LogP contribution is 2.21. The van der Waals surface area contributed by atoms with E-state index in [0.29, 0.717) is 5.88 Å². The lowest BCUT2D eigenvalue weighted by Gasteiger charge is -2.03. The lowest BCUT2D eigenvalue weighted by Crippen LogP contribution is -1.93. The first-order chi connectivity index (χ1) is 6.24. The van der Waals surface area contributed by atoms with E-state index in [9.17, 15) is 0 Å². The number of aryl methyl sites for hydroxylation is 2. The van der Waals surface area contributed by atoms with E-state index >= 15 is 0 Å². The minimum absolute atomic E-state index is 0.657. The number of terminal acetylenes is 1. The van der Waals surface area contributed by atoms with Crippen molar-refractivity contribution in [2.75, 3.05) is 5.88 Å². The third-order valence-corrected chi connectivity index (χ3v) is 2.50. The van der Waals surface area contributed by atoms with Gasteiger partial charge in [-0.3, -0.25) is 0 Å². The lowest BCUT2D eigenvalue weighted by atomic mass is 10.2. The standard InChI is InChI=1S/C9H13NS.C2H2/c1-7-3-4-9(11-6-10)8(2)5-7;1-2/h3-5H,6,10H2,1-2H3;1-2H. The van der Waals surface area contributed by atoms with Crippen LogP contribution in [0.1, 0.15) is 11.1 Å². The van der Waals surface area contributed by atoms with Crippen LogP contribution in [-0.2, 0) is 0 Å². The van der Waals surface area contributed by atoms with Gasteiger partial charge < -0.3 is 5.73 Å². The van der Waals surface area contributed by atoms with Crippen LogP contribution in [0.5, 0.6) is 0 Å². The SMILES string of the molecule is C#C.Cc1ccc(SCN)c(C)c1. The van der Waals surface area contributed by atoms with Gasteiger partial charge in [-0.1, -0.05) is 17.7 Å². The molecule has 1 rings (SSSR count). The predicted octanol–water partition coefficient (Wildman–Crippen LogP) is 2.56. The van der Waals surface area contributed by atoms with Gasteiger partial charge in [-0.2, -0.15) is 0 Å². The van der Waals surface area contributed by atoms with Crippen molar-refractivity contribution >= 4 is 11.8 Å². The van der Waals surface area contributed by atoms with Crippen molar-refractivity contribution in [3.8, 4) is 12.8 Å². The minimum Gasteiger partial charge on any atom is -0.322 e. The molecule has 2 N–H and O–H groups in total. The molecule has 0 fully saturated rings. The van der Waals surface area contributed by atoms with Crippen LogP contribution >= 0.6 is 11.8 Å². The highest BCUT2D eigenvalue weighted by Gasteiger charge is 1.96. The van der Waals surface area contributed by atoms with Gasteiger partial charge in [0.25, 0.3) is 0 Å². The molecule has 0 saturated carbocycles. The van der Waals surface area contributed by atoms with Gasteiger partial charge in [0.05, 0.1) is 0 Å². The maximum atomic E-state index is 5.43. The molecule has 0 aliphatic rings. The Hall–Kier alpha value is -0.910. The van der Waals surface area contributed by atoms with Crippen molar-refractivity contribution in [2.45, 2.75) is 18.7 Å². The van der Waals surface area contributed by atoms with E-state index in [1.165, 1.54) is 16.0 Å². The molecule has 2 heteroatoms. The lowest BCUT2D eigenvalue weighted by molar-refractivity contribution is 1.25. The van der Waals surface area contributed by atoms with E-state index in [4.69, 9.17) is 5.73 Å². The van der Waals surface area contributed by atoms with Gasteiger partial charge in [-0.05, 0) is 25.5 Å². The Morgan fingerprint density at radius 3 is 2.38 bits per heavy atom. The topological polar surface area (TPSA) is 26.0 Å². The minimum atomic E-state index is 0.657. The smallest absolute Gasteiger partial charge is 0.0440 e. The number of hydrogen-bond donors (Lipinski definition) is 1. The number of thioether (sulfide) groups is 1. The Morgan fingerprint density at radius 1 is 1.31 bits per heavy atom. The molecule has 1 aromatic rings. The normalized spacial score (nSPS) is 8.69. The fraction of sp³-hybridized carbons (Fsp3) is 0.273. The summed E-state index contributed by atoms with van der Waals surface area (Å²) in [7, 11) is 0. The number of hydrogen-bond acceptors (Lipinski definition) is 2. The monoisotopic (exact) mass is 193 g/mol. The molecule has 1 aromatic carbocycles. The average molecular weight is 193 g/mol. The molecule has 0 aliphatic heterocycles. The predicted molar refractivity (Wildman–Crippen MR) is 60.7 cm³/mol. The van der Waals surface area contributed by atoms with Crippen LogP contribution < -0.4 is 5.73 Å². The third kappa shape index (κ3) is 4.02. The second-order valence-electron chi connectivity index (χ2n) is 2.58. The van der Waals surface area contributed by atoms with Crippen molar-refractivity contribution in [1.29, 1.82) is 0 Å². The molecule has 0 saturated heterocycles. The molecule has 0 heterocycles. The van der Waals surface area contributed by atoms with Gasteiger partial charge in [0.1, 0.15) is 0 Å². The Labute approximate surface area is 84.7 Å². The molecule has 70 valence electrons. The first-order valence-corrected chi connectivity index (χ1v) is 4.96. The molecule has 0 aromatic heterocycles. The fourth-order valence-corrected chi connectivity index (χ4v) is 1.68. The van der Waals surface area contributed by atoms with Crippen molar-refractivity contribution in [1.82, 2.24) is 0 Å². The van der Waals surface area contributed by atoms with Crippen LogP contribution in [0.2, 0.25) is 0 Å². The van der Waals surface area contributed by atoms with Gasteiger partial charge in [0.2, 0.25) is 0 Å². The third-order valence-electron chi connectivity index (χ3n) is 1.57. The zero-order chi connectivity index (χ0) is 10.3. The van der Waals surface area contributed by atoms with Crippen LogP contribution in [0.3, 0.4) is 0 Å². The Kier molecular flexibility index (Phi) is 6.13. The Balaban J connectivity index is 0.000000671. The summed E-state index contributed by atoms with van der Waals surface area (Å²) < 4.78 is 0. The maximum Gasteiger partial charge on any atom is 0.0440 e. The first kappa shape index (κ1) is 12.1. The van der Waals surface area contributed by atoms with Gasteiger partial charge >= 0.3 is 0 Å². The number of benzene rings is 1. The molecule has 0 unspecified atom stereocenters. The molecular formula is C11H15NS. The van der Waals surface area contributed by atoms with E-state index in [0.717, 1.165) is 0 Å². The zero-order valence-corrected chi connectivity index (χ0v) is 8.90. The highest BCUT2D eigenvalue weighted by atomic mass is 32.2. The average Bonchev–Trinajstić information content (AvgIpc) is 2.14. The van der Waals surface area contributed by atoms with Crippen LogP contribution in [0.25, 0.3) is 0 Å². The molecular weight excluding hydrogens is 178 g/mol. The van der Waals surface area contributed by atoms with E-state index < -0.39 is 0 Å². The molecule has 0 spiro atoms. The largest absolute Gasteiger partial charge is 0.322 e. The van der Waals surface area contributed by atoms with Gasteiger partial charge in [0.15, 0.2) is 0 Å². The summed E-state index contributed by atoms with van der Waals surface area (Å²) in [6, 6.07) is 6.42. The molecule has 0 bridgehead atoms. The van der Waals surface area contributed by atoms with E-state index in [1.807, 2.05) is 0 Å². The summed E-state index contributed by atoms with van der Waals surface area (Å²) in [5, 5.41) is 0. The van der Waals surface area contributed by atoms with Crippen LogP contribution in [-0.4, -0.2) is 5.88 Å². The van der Waals surface area contributed by atoms with E-state index in [-0.39, 0.29) is 0 Å². The van der Waals surface area contributed by atoms with Crippen LogP contribution in [0, 0.1) is 26.7 Å². The second-order valence-corrected chi connectivity index (χ2v) is 3.64. The van der Waals surface area contributed by atoms with Crippen LogP contribution in [0.4, 0.5) is 0 Å². The van der Waals surface area contributed by atoms with E-state index in [1.54, 1.807) is 11.8 Å². The fourth-order valence-electron chi connectivity index (χ4n) is 1.05. The second kappa shape index (κ2) is 6.59. The summed E-state index contributed by atoms with van der Waals surface area (Å²) >= 11 is 1.69. The highest BCUT2D eigenvalue weighted by molar-refractivity contribution is 7.99. The summed E-state index contributed by atoms with van der Waals surface area (Å²) in [6.45, 7) is 4.22. The first-order valence-electron chi connectivity index (χ1n) is 3.97. The van der Waals surface area contributed by atoms with Gasteiger partial charge in [-0.25, -0.2) is 0 Å². The molecule has 0 amide bonds. The van der Waals surface area contributed by atoms with Crippen molar-refractivity contribution in [3.63, 3.8) is 0 Å². The summed E-state index contributed by atoms with van der Waals surface area (Å²) in [6.07, 6.45) is 8.00. The molecule has 0 aliphatic carbocycles. The molecule has 1 nitrogen and oxygen atoms in total. The van der Waals surface area contributed by atoms with Gasteiger partial charge in [0, 0.05) is 10.8 Å². The zero-order valence-electron chi connectivity index (χ0n) is 8.08. The van der Waals surface area contributed by atoms with Crippen molar-refractivity contribution in [3.05, 3.63) is 29.3 Å². The summed E-state index contributed by atoms with van der Waals surface area (Å²) in [5.74, 6) is 0.657. The Morgan fingerprint density at radius 2 is 1.92 bits per heavy atom. The molecule has 0 atom stereocenters. The van der Waals surface area contributed by atoms with Crippen molar-refractivity contribution < 1.29 is 0 Å². The van der Waals surface area contributed by atoms with E-state index in [2.05, 4.69) is 44.9 Å². The number of nitrogens with two attached hydrogens (primary N) is 1. The quantitative estimate of drug-likeness (QED) is 0.444. The van der Waals surface area contributed by atoms with Crippen LogP contribution in [0.15, 0.2) is 23.1 Å². The van der Waals surface area contributed by atoms with Gasteiger partial charge in [-0.15, -0.1) is 24.6 Å². The number of rotatable bonds is 2. The summed E-state index contributed by atoms with van der Waals surface area (Å²) in [4.78, 5) is 1.29. The van der Waals surface area contributed by atoms with Crippen molar-refractivity contribution in [2.24, 2.45) is 5.73 Å². The Bertz CT molecular complexity index is 279.